The minimum absolute atomic E-state index is 0.627. The number of nitrogens with one attached hydrogen (secondary N) is 1. The first-order valence-corrected chi connectivity index (χ1v) is 8.27. The predicted molar refractivity (Wildman–Crippen MR) is 85.4 cm³/mol. The molecule has 1 aromatic rings. The van der Waals surface area contributed by atoms with Crippen LogP contribution in [0, 0.1) is 6.92 Å². The van der Waals surface area contributed by atoms with Gasteiger partial charge in [0.25, 0.3) is 0 Å². The van der Waals surface area contributed by atoms with Gasteiger partial charge in [-0.2, -0.15) is 5.10 Å². The zero-order valence-corrected chi connectivity index (χ0v) is 13.4. The Bertz CT molecular complexity index is 389. The number of rotatable bonds is 7. The van der Waals surface area contributed by atoms with Gasteiger partial charge in [-0.1, -0.05) is 33.1 Å². The van der Waals surface area contributed by atoms with E-state index in [2.05, 4.69) is 41.7 Å². The van der Waals surface area contributed by atoms with Crippen molar-refractivity contribution in [3.63, 3.8) is 0 Å². The highest BCUT2D eigenvalue weighted by molar-refractivity contribution is 5.35. The maximum absolute atomic E-state index is 4.77. The first-order chi connectivity index (χ1) is 9.74. The highest BCUT2D eigenvalue weighted by Gasteiger charge is 2.18. The van der Waals surface area contributed by atoms with Gasteiger partial charge in [0.15, 0.2) is 0 Å². The molecule has 114 valence electrons. The highest BCUT2D eigenvalue weighted by atomic mass is 15.3. The normalized spacial score (nSPS) is 16.8. The molecule has 0 amide bonds. The zero-order valence-electron chi connectivity index (χ0n) is 13.4. The van der Waals surface area contributed by atoms with Crippen molar-refractivity contribution >= 4 is 5.82 Å². The lowest BCUT2D eigenvalue weighted by atomic mass is 9.95. The largest absolute Gasteiger partial charge is 0.367 e. The second-order valence-electron chi connectivity index (χ2n) is 5.86. The molecule has 0 spiro atoms. The first kappa shape index (κ1) is 15.4. The molecule has 0 radical (unpaired) electrons. The summed E-state index contributed by atoms with van der Waals surface area (Å²) in [6.07, 6.45) is 6.69. The summed E-state index contributed by atoms with van der Waals surface area (Å²) in [5.41, 5.74) is 1.29. The Kier molecular flexibility index (Phi) is 5.89. The maximum atomic E-state index is 4.77. The SMILES string of the molecule is CCN(CC)CCNc1cc(C)n(C2CCCCC2)n1. The molecule has 1 saturated carbocycles. The van der Waals surface area contributed by atoms with Crippen LogP contribution in [-0.2, 0) is 0 Å². The average molecular weight is 278 g/mol. The number of anilines is 1. The van der Waals surface area contributed by atoms with Crippen LogP contribution in [0.3, 0.4) is 0 Å². The summed E-state index contributed by atoms with van der Waals surface area (Å²) in [6, 6.07) is 2.82. The van der Waals surface area contributed by atoms with Crippen LogP contribution in [0.2, 0.25) is 0 Å². The average Bonchev–Trinajstić information content (AvgIpc) is 2.85. The predicted octanol–water partition coefficient (Wildman–Crippen LogP) is 3.45. The summed E-state index contributed by atoms with van der Waals surface area (Å²) in [5, 5.41) is 8.24. The van der Waals surface area contributed by atoms with Crippen molar-refractivity contribution in [1.29, 1.82) is 0 Å². The monoisotopic (exact) mass is 278 g/mol. The van der Waals surface area contributed by atoms with E-state index in [1.165, 1.54) is 37.8 Å². The fourth-order valence-electron chi connectivity index (χ4n) is 3.15. The molecule has 0 aromatic carbocycles. The van der Waals surface area contributed by atoms with Gasteiger partial charge in [-0.15, -0.1) is 0 Å². The van der Waals surface area contributed by atoms with Crippen molar-refractivity contribution in [2.75, 3.05) is 31.5 Å². The van der Waals surface area contributed by atoms with E-state index < -0.39 is 0 Å². The van der Waals surface area contributed by atoms with E-state index in [4.69, 9.17) is 5.10 Å². The van der Waals surface area contributed by atoms with Gasteiger partial charge in [-0.05, 0) is 32.9 Å². The third kappa shape index (κ3) is 3.98. The molecular weight excluding hydrogens is 248 g/mol. The fourth-order valence-corrected chi connectivity index (χ4v) is 3.15. The lowest BCUT2D eigenvalue weighted by Crippen LogP contribution is -2.28. The van der Waals surface area contributed by atoms with Crippen LogP contribution in [0.1, 0.15) is 57.7 Å². The van der Waals surface area contributed by atoms with Crippen LogP contribution < -0.4 is 5.32 Å². The Labute approximate surface area is 123 Å². The summed E-state index contributed by atoms with van der Waals surface area (Å²) in [7, 11) is 0. The second-order valence-corrected chi connectivity index (χ2v) is 5.86. The summed E-state index contributed by atoms with van der Waals surface area (Å²) in [6.45, 7) is 10.9. The number of aryl methyl sites for hydroxylation is 1. The molecule has 20 heavy (non-hydrogen) atoms. The fraction of sp³-hybridized carbons (Fsp3) is 0.812. The van der Waals surface area contributed by atoms with Gasteiger partial charge < -0.3 is 10.2 Å². The molecule has 1 aliphatic carbocycles. The van der Waals surface area contributed by atoms with Crippen molar-refractivity contribution in [2.45, 2.75) is 58.9 Å². The molecule has 1 heterocycles. The van der Waals surface area contributed by atoms with Crippen molar-refractivity contribution in [1.82, 2.24) is 14.7 Å². The summed E-state index contributed by atoms with van der Waals surface area (Å²) < 4.78 is 2.25. The molecular formula is C16H30N4. The van der Waals surface area contributed by atoms with Gasteiger partial charge in [0.1, 0.15) is 5.82 Å². The van der Waals surface area contributed by atoms with Gasteiger partial charge >= 0.3 is 0 Å². The highest BCUT2D eigenvalue weighted by Crippen LogP contribution is 2.29. The Morgan fingerprint density at radius 3 is 2.60 bits per heavy atom. The molecule has 4 heteroatoms. The molecule has 2 rings (SSSR count). The molecule has 0 atom stereocenters. The van der Waals surface area contributed by atoms with Crippen LogP contribution in [0.25, 0.3) is 0 Å². The van der Waals surface area contributed by atoms with E-state index in [1.54, 1.807) is 0 Å². The molecule has 0 aliphatic heterocycles. The van der Waals surface area contributed by atoms with Crippen LogP contribution in [0.15, 0.2) is 6.07 Å². The van der Waals surface area contributed by atoms with Crippen LogP contribution in [-0.4, -0.2) is 40.9 Å². The van der Waals surface area contributed by atoms with E-state index in [-0.39, 0.29) is 0 Å². The van der Waals surface area contributed by atoms with Gasteiger partial charge in [0.05, 0.1) is 6.04 Å². The lowest BCUT2D eigenvalue weighted by Gasteiger charge is -2.23. The van der Waals surface area contributed by atoms with E-state index in [0.29, 0.717) is 6.04 Å². The first-order valence-electron chi connectivity index (χ1n) is 8.27. The van der Waals surface area contributed by atoms with Crippen LogP contribution in [0.4, 0.5) is 5.82 Å². The minimum atomic E-state index is 0.627. The Morgan fingerprint density at radius 2 is 1.95 bits per heavy atom. The van der Waals surface area contributed by atoms with E-state index in [0.717, 1.165) is 32.0 Å². The second kappa shape index (κ2) is 7.67. The van der Waals surface area contributed by atoms with Crippen molar-refractivity contribution in [2.24, 2.45) is 0 Å². The third-order valence-electron chi connectivity index (χ3n) is 4.47. The summed E-state index contributed by atoms with van der Waals surface area (Å²) in [4.78, 5) is 2.43. The Balaban J connectivity index is 1.86. The molecule has 1 fully saturated rings. The molecule has 0 unspecified atom stereocenters. The number of aromatic nitrogens is 2. The number of hydrogen-bond donors (Lipinski definition) is 1. The maximum Gasteiger partial charge on any atom is 0.148 e. The van der Waals surface area contributed by atoms with E-state index in [9.17, 15) is 0 Å². The third-order valence-corrected chi connectivity index (χ3v) is 4.47. The van der Waals surface area contributed by atoms with Crippen molar-refractivity contribution in [3.8, 4) is 0 Å². The van der Waals surface area contributed by atoms with Gasteiger partial charge in [-0.3, -0.25) is 4.68 Å². The van der Waals surface area contributed by atoms with Gasteiger partial charge in [0, 0.05) is 24.8 Å². The van der Waals surface area contributed by atoms with E-state index >= 15 is 0 Å². The molecule has 1 N–H and O–H groups in total. The topological polar surface area (TPSA) is 33.1 Å². The van der Waals surface area contributed by atoms with E-state index in [1.807, 2.05) is 0 Å². The Hall–Kier alpha value is -1.03. The molecule has 4 nitrogen and oxygen atoms in total. The minimum Gasteiger partial charge on any atom is -0.367 e. The summed E-state index contributed by atoms with van der Waals surface area (Å²) in [5.74, 6) is 1.04. The van der Waals surface area contributed by atoms with Gasteiger partial charge in [-0.25, -0.2) is 0 Å². The number of likely N-dealkylation sites (N-methyl/N-ethyl adjacent to an activating group) is 1. The lowest BCUT2D eigenvalue weighted by molar-refractivity contribution is 0.315. The Morgan fingerprint density at radius 1 is 1.25 bits per heavy atom. The van der Waals surface area contributed by atoms with Crippen LogP contribution >= 0.6 is 0 Å². The number of nitrogens with zero attached hydrogens (tertiary/aromatic N) is 3. The van der Waals surface area contributed by atoms with Crippen molar-refractivity contribution in [3.05, 3.63) is 11.8 Å². The van der Waals surface area contributed by atoms with Crippen molar-refractivity contribution < 1.29 is 0 Å². The standard InChI is InChI=1S/C16H30N4/c1-4-19(5-2)12-11-17-16-13-14(3)20(18-16)15-9-7-6-8-10-15/h13,15H,4-12H2,1-3H3,(H,17,18). The molecule has 1 aliphatic rings. The smallest absolute Gasteiger partial charge is 0.148 e. The summed E-state index contributed by atoms with van der Waals surface area (Å²) >= 11 is 0. The van der Waals surface area contributed by atoms with Crippen LogP contribution in [0.5, 0.6) is 0 Å². The number of hydrogen-bond acceptors (Lipinski definition) is 3. The molecule has 0 bridgehead atoms. The zero-order chi connectivity index (χ0) is 14.4. The molecule has 1 aromatic heterocycles. The quantitative estimate of drug-likeness (QED) is 0.829. The van der Waals surface area contributed by atoms with Gasteiger partial charge in [0.2, 0.25) is 0 Å². The molecule has 0 saturated heterocycles.